The second-order valence-electron chi connectivity index (χ2n) is 5.98. The third kappa shape index (κ3) is 3.53. The first-order valence-corrected chi connectivity index (χ1v) is 8.08. The monoisotopic (exact) mass is 332 g/mol. The molecule has 0 aromatic heterocycles. The van der Waals surface area contributed by atoms with Crippen LogP contribution in [0.15, 0.2) is 84.0 Å². The molecule has 25 heavy (non-hydrogen) atoms. The average Bonchev–Trinajstić information content (AvgIpc) is 2.95. The number of hydrogen-bond donors (Lipinski definition) is 1. The van der Waals surface area contributed by atoms with Crippen molar-refractivity contribution < 1.29 is 9.53 Å². The lowest BCUT2D eigenvalue weighted by Gasteiger charge is -2.27. The summed E-state index contributed by atoms with van der Waals surface area (Å²) >= 11 is 0. The molecule has 1 aliphatic rings. The van der Waals surface area contributed by atoms with Crippen LogP contribution in [0, 0.1) is 0 Å². The fourth-order valence-electron chi connectivity index (χ4n) is 2.93. The SMILES string of the molecule is C=N/C=C(\C=C\[C@H]1NC(=O)O[C@]1(C)c1ccccc1)c1ccccc1. The molecule has 0 bridgehead atoms. The number of hydrogen-bond acceptors (Lipinski definition) is 3. The molecule has 1 aliphatic heterocycles. The number of rotatable bonds is 5. The van der Waals surface area contributed by atoms with E-state index in [1.54, 1.807) is 6.20 Å². The van der Waals surface area contributed by atoms with Crippen LogP contribution in [0.4, 0.5) is 4.79 Å². The minimum atomic E-state index is -0.766. The molecular formula is C21H20N2O2. The van der Waals surface area contributed by atoms with Gasteiger partial charge in [-0.1, -0.05) is 72.8 Å². The van der Waals surface area contributed by atoms with Crippen molar-refractivity contribution in [2.24, 2.45) is 4.99 Å². The molecule has 4 nitrogen and oxygen atoms in total. The summed E-state index contributed by atoms with van der Waals surface area (Å²) in [5.41, 5.74) is 2.11. The fraction of sp³-hybridized carbons (Fsp3) is 0.143. The highest BCUT2D eigenvalue weighted by Gasteiger charge is 2.45. The molecular weight excluding hydrogens is 312 g/mol. The van der Waals surface area contributed by atoms with Crippen LogP contribution in [0.2, 0.25) is 0 Å². The van der Waals surface area contributed by atoms with Gasteiger partial charge in [-0.3, -0.25) is 4.99 Å². The Bertz CT molecular complexity index is 812. The minimum Gasteiger partial charge on any atom is -0.436 e. The zero-order chi connectivity index (χ0) is 17.7. The quantitative estimate of drug-likeness (QED) is 0.655. The molecule has 2 aromatic carbocycles. The average molecular weight is 332 g/mol. The highest BCUT2D eigenvalue weighted by Crippen LogP contribution is 2.34. The molecule has 4 heteroatoms. The molecule has 0 radical (unpaired) electrons. The highest BCUT2D eigenvalue weighted by atomic mass is 16.6. The molecule has 3 rings (SSSR count). The summed E-state index contributed by atoms with van der Waals surface area (Å²) in [5, 5.41) is 2.87. The van der Waals surface area contributed by atoms with Gasteiger partial charge in [0.1, 0.15) is 0 Å². The van der Waals surface area contributed by atoms with Crippen molar-refractivity contribution in [2.75, 3.05) is 0 Å². The first-order chi connectivity index (χ1) is 12.1. The molecule has 1 amide bonds. The lowest BCUT2D eigenvalue weighted by Crippen LogP contribution is -2.37. The van der Waals surface area contributed by atoms with Crippen LogP contribution in [0.3, 0.4) is 0 Å². The Morgan fingerprint density at radius 1 is 1.16 bits per heavy atom. The summed E-state index contributed by atoms with van der Waals surface area (Å²) in [6.07, 6.45) is 5.14. The van der Waals surface area contributed by atoms with Crippen molar-refractivity contribution in [1.29, 1.82) is 0 Å². The van der Waals surface area contributed by atoms with E-state index in [9.17, 15) is 4.79 Å². The van der Waals surface area contributed by atoms with Crippen molar-refractivity contribution >= 4 is 18.4 Å². The third-order valence-corrected chi connectivity index (χ3v) is 4.32. The number of aliphatic imine (C=N–C) groups is 1. The zero-order valence-electron chi connectivity index (χ0n) is 14.1. The van der Waals surface area contributed by atoms with E-state index < -0.39 is 11.7 Å². The van der Waals surface area contributed by atoms with Gasteiger partial charge in [0.05, 0.1) is 6.04 Å². The molecule has 0 aliphatic carbocycles. The van der Waals surface area contributed by atoms with Gasteiger partial charge in [0.15, 0.2) is 5.60 Å². The summed E-state index contributed by atoms with van der Waals surface area (Å²) in [5.74, 6) is 0. The van der Waals surface area contributed by atoms with Gasteiger partial charge in [0.2, 0.25) is 0 Å². The number of carbonyl (C=O) groups is 1. The molecule has 1 heterocycles. The number of carbonyl (C=O) groups excluding carboxylic acids is 1. The fourth-order valence-corrected chi connectivity index (χ4v) is 2.93. The van der Waals surface area contributed by atoms with Gasteiger partial charge >= 0.3 is 6.09 Å². The Balaban J connectivity index is 1.92. The van der Waals surface area contributed by atoms with Gasteiger partial charge in [-0.25, -0.2) is 4.79 Å². The van der Waals surface area contributed by atoms with E-state index in [0.29, 0.717) is 0 Å². The van der Waals surface area contributed by atoms with Gasteiger partial charge in [-0.2, -0.15) is 0 Å². The Morgan fingerprint density at radius 3 is 2.44 bits per heavy atom. The van der Waals surface area contributed by atoms with Crippen LogP contribution in [0.25, 0.3) is 5.57 Å². The molecule has 1 fully saturated rings. The van der Waals surface area contributed by atoms with Crippen molar-refractivity contribution in [3.63, 3.8) is 0 Å². The summed E-state index contributed by atoms with van der Waals surface area (Å²) in [6, 6.07) is 19.3. The van der Waals surface area contributed by atoms with Gasteiger partial charge < -0.3 is 10.1 Å². The molecule has 0 spiro atoms. The van der Waals surface area contributed by atoms with Crippen LogP contribution in [-0.4, -0.2) is 18.9 Å². The summed E-state index contributed by atoms with van der Waals surface area (Å²) in [7, 11) is 0. The van der Waals surface area contributed by atoms with Crippen molar-refractivity contribution in [3.8, 4) is 0 Å². The van der Waals surface area contributed by atoms with Gasteiger partial charge in [-0.15, -0.1) is 0 Å². The van der Waals surface area contributed by atoms with Crippen LogP contribution in [-0.2, 0) is 10.3 Å². The van der Waals surface area contributed by atoms with E-state index in [4.69, 9.17) is 4.74 Å². The lowest BCUT2D eigenvalue weighted by molar-refractivity contribution is 0.0585. The number of alkyl carbamates (subject to hydrolysis) is 1. The van der Waals surface area contributed by atoms with Gasteiger partial charge in [-0.05, 0) is 30.3 Å². The smallest absolute Gasteiger partial charge is 0.408 e. The molecule has 2 aromatic rings. The summed E-state index contributed by atoms with van der Waals surface area (Å²) < 4.78 is 5.59. The topological polar surface area (TPSA) is 50.7 Å². The summed E-state index contributed by atoms with van der Waals surface area (Å²) in [6.45, 7) is 5.45. The first kappa shape index (κ1) is 16.7. The van der Waals surface area contributed by atoms with E-state index >= 15 is 0 Å². The molecule has 126 valence electrons. The predicted molar refractivity (Wildman–Crippen MR) is 100 cm³/mol. The Labute approximate surface area is 147 Å². The standard InChI is InChI=1S/C21H20N2O2/c1-21(18-11-7-4-8-12-18)19(23-20(24)25-21)14-13-17(15-22-2)16-9-5-3-6-10-16/h3-15,19H,2H2,1H3,(H,23,24)/b14-13+,17-15+/t19-,21-/m1/s1. The highest BCUT2D eigenvalue weighted by molar-refractivity contribution is 5.76. The number of cyclic esters (lactones) is 1. The molecule has 1 N–H and O–H groups in total. The zero-order valence-corrected chi connectivity index (χ0v) is 14.1. The largest absolute Gasteiger partial charge is 0.436 e. The normalized spacial score (nSPS) is 23.3. The third-order valence-electron chi connectivity index (χ3n) is 4.32. The molecule has 0 unspecified atom stereocenters. The van der Waals surface area contributed by atoms with E-state index in [1.807, 2.05) is 79.7 Å². The second kappa shape index (κ2) is 7.18. The van der Waals surface area contributed by atoms with Gasteiger partial charge in [0.25, 0.3) is 0 Å². The van der Waals surface area contributed by atoms with Crippen LogP contribution in [0.1, 0.15) is 18.1 Å². The maximum absolute atomic E-state index is 11.9. The van der Waals surface area contributed by atoms with Crippen LogP contribution in [0.5, 0.6) is 0 Å². The van der Waals surface area contributed by atoms with E-state index in [-0.39, 0.29) is 6.04 Å². The van der Waals surface area contributed by atoms with E-state index in [0.717, 1.165) is 16.7 Å². The number of ether oxygens (including phenoxy) is 1. The van der Waals surface area contributed by atoms with Crippen molar-refractivity contribution in [2.45, 2.75) is 18.6 Å². The molecule has 2 atom stereocenters. The van der Waals surface area contributed by atoms with Gasteiger partial charge in [0, 0.05) is 6.20 Å². The molecule has 1 saturated heterocycles. The Kier molecular flexibility index (Phi) is 4.80. The van der Waals surface area contributed by atoms with Crippen molar-refractivity contribution in [1.82, 2.24) is 5.32 Å². The number of nitrogens with one attached hydrogen (secondary N) is 1. The van der Waals surface area contributed by atoms with E-state index in [2.05, 4.69) is 17.0 Å². The van der Waals surface area contributed by atoms with Crippen LogP contribution >= 0.6 is 0 Å². The minimum absolute atomic E-state index is 0.292. The number of amides is 1. The maximum Gasteiger partial charge on any atom is 0.408 e. The van der Waals surface area contributed by atoms with E-state index in [1.165, 1.54) is 0 Å². The number of allylic oxidation sites excluding steroid dienone is 2. The second-order valence-corrected chi connectivity index (χ2v) is 5.98. The summed E-state index contributed by atoms with van der Waals surface area (Å²) in [4.78, 5) is 15.8. The van der Waals surface area contributed by atoms with Crippen molar-refractivity contribution in [3.05, 3.63) is 90.1 Å². The lowest BCUT2D eigenvalue weighted by atomic mass is 9.88. The predicted octanol–water partition coefficient (Wildman–Crippen LogP) is 4.31. The maximum atomic E-state index is 11.9. The first-order valence-electron chi connectivity index (χ1n) is 8.08. The Morgan fingerprint density at radius 2 is 1.80 bits per heavy atom. The molecule has 0 saturated carbocycles. The number of nitrogens with zero attached hydrogens (tertiary/aromatic N) is 1. The Hall–Kier alpha value is -3.14. The number of benzene rings is 2. The van der Waals surface area contributed by atoms with Crippen LogP contribution < -0.4 is 5.32 Å².